The average Bonchev–Trinajstić information content (AvgIpc) is 2.44. The number of aromatic nitrogens is 1. The third kappa shape index (κ3) is 3.74. The van der Waals surface area contributed by atoms with Gasteiger partial charge in [0.15, 0.2) is 0 Å². The number of rotatable bonds is 1. The summed E-state index contributed by atoms with van der Waals surface area (Å²) in [6.07, 6.45) is 3.63. The summed E-state index contributed by atoms with van der Waals surface area (Å²) in [6, 6.07) is 6.04. The third-order valence-corrected chi connectivity index (χ3v) is 2.22. The van der Waals surface area contributed by atoms with Crippen LogP contribution in [-0.4, -0.2) is 12.1 Å². The zero-order valence-corrected chi connectivity index (χ0v) is 11.7. The predicted molar refractivity (Wildman–Crippen MR) is 75.7 cm³/mol. The van der Waals surface area contributed by atoms with E-state index in [2.05, 4.69) is 18.0 Å². The minimum absolute atomic E-state index is 0.883. The van der Waals surface area contributed by atoms with Crippen LogP contribution in [0.15, 0.2) is 30.6 Å². The van der Waals surface area contributed by atoms with Gasteiger partial charge in [0.2, 0.25) is 0 Å². The second-order valence-electron chi connectivity index (χ2n) is 3.01. The Morgan fingerprint density at radius 1 is 0.941 bits per heavy atom. The van der Waals surface area contributed by atoms with Gasteiger partial charge in [-0.05, 0) is 30.0 Å². The van der Waals surface area contributed by atoms with Crippen molar-refractivity contribution in [3.05, 3.63) is 36.2 Å². The molecule has 0 atom stereocenters. The normalized spacial score (nSPS) is 8.59. The zero-order chi connectivity index (χ0) is 13.3. The van der Waals surface area contributed by atoms with Crippen molar-refractivity contribution in [2.45, 2.75) is 34.6 Å². The van der Waals surface area contributed by atoms with Gasteiger partial charge in [-0.3, -0.25) is 4.98 Å². The first-order chi connectivity index (χ1) is 8.33. The molecule has 0 fully saturated rings. The Morgan fingerprint density at radius 3 is 2.18 bits per heavy atom. The highest BCUT2D eigenvalue weighted by molar-refractivity contribution is 5.90. The maximum absolute atomic E-state index is 5.24. The van der Waals surface area contributed by atoms with Crippen molar-refractivity contribution >= 4 is 10.8 Å². The van der Waals surface area contributed by atoms with Crippen molar-refractivity contribution in [3.63, 3.8) is 0 Å². The highest BCUT2D eigenvalue weighted by Crippen LogP contribution is 2.26. The summed E-state index contributed by atoms with van der Waals surface area (Å²) in [4.78, 5) is 4.08. The van der Waals surface area contributed by atoms with Gasteiger partial charge in [0.05, 0.1) is 7.11 Å². The summed E-state index contributed by atoms with van der Waals surface area (Å²) in [5.41, 5.74) is 1.25. The van der Waals surface area contributed by atoms with Crippen molar-refractivity contribution in [3.8, 4) is 5.75 Å². The lowest BCUT2D eigenvalue weighted by molar-refractivity contribution is 0.419. The maximum atomic E-state index is 5.24. The van der Waals surface area contributed by atoms with Crippen LogP contribution in [0.5, 0.6) is 5.75 Å². The summed E-state index contributed by atoms with van der Waals surface area (Å²) in [5, 5.41) is 2.28. The number of methoxy groups -OCH3 is 1. The number of nitrogens with zero attached hydrogens (tertiary/aromatic N) is 1. The summed E-state index contributed by atoms with van der Waals surface area (Å²) < 4.78 is 5.24. The van der Waals surface area contributed by atoms with E-state index in [9.17, 15) is 0 Å². The van der Waals surface area contributed by atoms with Crippen LogP contribution in [0.4, 0.5) is 0 Å². The van der Waals surface area contributed by atoms with Gasteiger partial charge in [-0.2, -0.15) is 0 Å². The molecular weight excluding hydrogens is 210 g/mol. The third-order valence-electron chi connectivity index (χ3n) is 2.22. The van der Waals surface area contributed by atoms with Gasteiger partial charge >= 0.3 is 0 Å². The number of aryl methyl sites for hydroxylation is 1. The minimum Gasteiger partial charge on any atom is -0.496 e. The lowest BCUT2D eigenvalue weighted by Gasteiger charge is -2.06. The Hall–Kier alpha value is -1.57. The Balaban J connectivity index is 0.000000581. The van der Waals surface area contributed by atoms with Gasteiger partial charge in [0, 0.05) is 17.8 Å². The fraction of sp³-hybridized carbons (Fsp3) is 0.400. The number of hydrogen-bond donors (Lipinski definition) is 0. The molecular formula is C15H23NO. The molecule has 0 aliphatic carbocycles. The Morgan fingerprint density at radius 2 is 1.59 bits per heavy atom. The van der Waals surface area contributed by atoms with Crippen LogP contribution in [-0.2, 0) is 0 Å². The van der Waals surface area contributed by atoms with E-state index < -0.39 is 0 Å². The van der Waals surface area contributed by atoms with E-state index in [4.69, 9.17) is 4.74 Å². The first-order valence-electron chi connectivity index (χ1n) is 6.20. The SMILES string of the molecule is CC.CC.COc1ccc(C)c2ccncc12. The topological polar surface area (TPSA) is 22.1 Å². The van der Waals surface area contributed by atoms with E-state index in [0.29, 0.717) is 0 Å². The molecule has 2 rings (SSSR count). The summed E-state index contributed by atoms with van der Waals surface area (Å²) in [5.74, 6) is 0.883. The molecule has 2 heteroatoms. The molecule has 1 aromatic heterocycles. The van der Waals surface area contributed by atoms with Crippen molar-refractivity contribution in [1.29, 1.82) is 0 Å². The molecule has 0 amide bonds. The van der Waals surface area contributed by atoms with Crippen molar-refractivity contribution in [1.82, 2.24) is 4.98 Å². The molecule has 94 valence electrons. The predicted octanol–water partition coefficient (Wildman–Crippen LogP) is 4.60. The number of hydrogen-bond acceptors (Lipinski definition) is 2. The van der Waals surface area contributed by atoms with Crippen LogP contribution >= 0.6 is 0 Å². The number of benzene rings is 1. The molecule has 0 radical (unpaired) electrons. The molecule has 2 nitrogen and oxygen atoms in total. The van der Waals surface area contributed by atoms with Gasteiger partial charge in [0.25, 0.3) is 0 Å². The molecule has 0 bridgehead atoms. The van der Waals surface area contributed by atoms with Gasteiger partial charge in [-0.25, -0.2) is 0 Å². The number of fused-ring (bicyclic) bond motifs is 1. The molecule has 17 heavy (non-hydrogen) atoms. The van der Waals surface area contributed by atoms with Crippen LogP contribution in [0.3, 0.4) is 0 Å². The maximum Gasteiger partial charge on any atom is 0.128 e. The molecule has 1 heterocycles. The lowest BCUT2D eigenvalue weighted by atomic mass is 10.1. The van der Waals surface area contributed by atoms with Crippen molar-refractivity contribution in [2.24, 2.45) is 0 Å². The standard InChI is InChI=1S/C11H11NO.2C2H6/c1-8-3-4-11(13-2)10-7-12-6-5-9(8)10;2*1-2/h3-7H,1-2H3;2*1-2H3. The van der Waals surface area contributed by atoms with E-state index in [1.165, 1.54) is 10.9 Å². The largest absolute Gasteiger partial charge is 0.496 e. The van der Waals surface area contributed by atoms with Crippen LogP contribution in [0.1, 0.15) is 33.3 Å². The van der Waals surface area contributed by atoms with Gasteiger partial charge < -0.3 is 4.74 Å². The fourth-order valence-electron chi connectivity index (χ4n) is 1.49. The molecule has 0 aliphatic rings. The van der Waals surface area contributed by atoms with E-state index in [1.54, 1.807) is 13.3 Å². The Labute approximate surface area is 105 Å². The number of ether oxygens (including phenoxy) is 1. The van der Waals surface area contributed by atoms with E-state index >= 15 is 0 Å². The molecule has 0 aliphatic heterocycles. The van der Waals surface area contributed by atoms with Crippen LogP contribution in [0.2, 0.25) is 0 Å². The van der Waals surface area contributed by atoms with Crippen molar-refractivity contribution in [2.75, 3.05) is 7.11 Å². The van der Waals surface area contributed by atoms with E-state index in [1.807, 2.05) is 46.0 Å². The fourth-order valence-corrected chi connectivity index (χ4v) is 1.49. The molecule has 2 aromatic rings. The second-order valence-corrected chi connectivity index (χ2v) is 3.01. The smallest absolute Gasteiger partial charge is 0.128 e. The molecule has 0 spiro atoms. The second kappa shape index (κ2) is 8.57. The van der Waals surface area contributed by atoms with Gasteiger partial charge in [0.1, 0.15) is 5.75 Å². The quantitative estimate of drug-likeness (QED) is 0.718. The molecule has 0 saturated carbocycles. The molecule has 0 saturated heterocycles. The average molecular weight is 233 g/mol. The molecule has 0 N–H and O–H groups in total. The summed E-state index contributed by atoms with van der Waals surface area (Å²) >= 11 is 0. The van der Waals surface area contributed by atoms with Crippen molar-refractivity contribution < 1.29 is 4.74 Å². The summed E-state index contributed by atoms with van der Waals surface area (Å²) in [7, 11) is 1.68. The Bertz CT molecular complexity index is 438. The number of pyridine rings is 1. The molecule has 0 unspecified atom stereocenters. The lowest BCUT2D eigenvalue weighted by Crippen LogP contribution is -1.87. The highest BCUT2D eigenvalue weighted by Gasteiger charge is 2.02. The zero-order valence-electron chi connectivity index (χ0n) is 11.7. The van der Waals surface area contributed by atoms with Crippen LogP contribution in [0.25, 0.3) is 10.8 Å². The van der Waals surface area contributed by atoms with Gasteiger partial charge in [-0.1, -0.05) is 33.8 Å². The van der Waals surface area contributed by atoms with Crippen LogP contribution < -0.4 is 4.74 Å². The first-order valence-corrected chi connectivity index (χ1v) is 6.20. The van der Waals surface area contributed by atoms with Crippen LogP contribution in [0, 0.1) is 6.92 Å². The van der Waals surface area contributed by atoms with E-state index in [-0.39, 0.29) is 0 Å². The Kier molecular flexibility index (Phi) is 7.78. The summed E-state index contributed by atoms with van der Waals surface area (Å²) in [6.45, 7) is 10.1. The minimum atomic E-state index is 0.883. The highest BCUT2D eigenvalue weighted by atomic mass is 16.5. The van der Waals surface area contributed by atoms with Gasteiger partial charge in [-0.15, -0.1) is 0 Å². The first kappa shape index (κ1) is 15.4. The molecule has 1 aromatic carbocycles. The van der Waals surface area contributed by atoms with E-state index in [0.717, 1.165) is 11.1 Å². The monoisotopic (exact) mass is 233 g/mol.